The first-order chi connectivity index (χ1) is 14.3. The number of aryl methyl sites for hydroxylation is 1. The normalized spacial score (nSPS) is 18.6. The molecule has 3 heterocycles. The number of piperidine rings is 1. The molecule has 2 saturated heterocycles. The van der Waals surface area contributed by atoms with Gasteiger partial charge in [-0.25, -0.2) is 4.79 Å². The summed E-state index contributed by atoms with van der Waals surface area (Å²) in [5.41, 5.74) is -0.214. The van der Waals surface area contributed by atoms with Crippen LogP contribution in [0, 0.1) is 12.3 Å². The molecule has 174 valence electrons. The first-order valence-corrected chi connectivity index (χ1v) is 10.7. The van der Waals surface area contributed by atoms with Crippen molar-refractivity contribution < 1.29 is 32.7 Å². The number of halogens is 3. The molecule has 0 bridgehead atoms. The van der Waals surface area contributed by atoms with Gasteiger partial charge in [0.1, 0.15) is 0 Å². The molecule has 0 aromatic carbocycles. The van der Waals surface area contributed by atoms with Gasteiger partial charge in [-0.05, 0) is 51.4 Å². The first-order valence-electron chi connectivity index (χ1n) is 9.91. The molecule has 7 nitrogen and oxygen atoms in total. The highest BCUT2D eigenvalue weighted by Crippen LogP contribution is 2.41. The number of nitrogens with zero attached hydrogens (tertiary/aromatic N) is 3. The molecule has 0 atom stereocenters. The van der Waals surface area contributed by atoms with E-state index in [4.69, 9.17) is 9.90 Å². The van der Waals surface area contributed by atoms with Crippen LogP contribution >= 0.6 is 11.3 Å². The zero-order valence-corrected chi connectivity index (χ0v) is 18.7. The standard InChI is InChI=1S/C18H27N3O2S.C2HF3O2/c1-14-4-5-15(24-14)12-20-9-6-18(7-10-20)8-11-21(17(18)23)13-16(22)19(2)3;3-2(4,5)1(6)7/h4-5H,6-13H2,1-3H3;(H,6,7). The third-order valence-electron chi connectivity index (χ3n) is 5.66. The minimum Gasteiger partial charge on any atom is -0.475 e. The summed E-state index contributed by atoms with van der Waals surface area (Å²) in [6.45, 7) is 6.02. The van der Waals surface area contributed by atoms with Gasteiger partial charge < -0.3 is 14.9 Å². The van der Waals surface area contributed by atoms with Gasteiger partial charge in [-0.3, -0.25) is 14.5 Å². The number of carboxylic acid groups (broad SMARTS) is 1. The number of likely N-dealkylation sites (tertiary alicyclic amines) is 2. The average molecular weight is 464 g/mol. The topological polar surface area (TPSA) is 81.2 Å². The summed E-state index contributed by atoms with van der Waals surface area (Å²) in [5, 5.41) is 7.12. The lowest BCUT2D eigenvalue weighted by atomic mass is 9.77. The Hall–Kier alpha value is -2.14. The number of carbonyl (C=O) groups is 3. The van der Waals surface area contributed by atoms with E-state index in [1.807, 2.05) is 11.3 Å². The van der Waals surface area contributed by atoms with E-state index in [9.17, 15) is 22.8 Å². The van der Waals surface area contributed by atoms with Crippen molar-refractivity contribution in [1.29, 1.82) is 0 Å². The number of thiophene rings is 1. The van der Waals surface area contributed by atoms with Crippen molar-refractivity contribution in [2.24, 2.45) is 5.41 Å². The number of aliphatic carboxylic acids is 1. The minimum absolute atomic E-state index is 0.00546. The summed E-state index contributed by atoms with van der Waals surface area (Å²) in [5.74, 6) is -2.55. The Bertz CT molecular complexity index is 802. The number of carbonyl (C=O) groups excluding carboxylic acids is 2. The van der Waals surface area contributed by atoms with Gasteiger partial charge in [0.05, 0.1) is 12.0 Å². The van der Waals surface area contributed by atoms with E-state index in [0.29, 0.717) is 0 Å². The molecule has 2 aliphatic rings. The van der Waals surface area contributed by atoms with Crippen molar-refractivity contribution >= 4 is 29.1 Å². The fraction of sp³-hybridized carbons (Fsp3) is 0.650. The predicted molar refractivity (Wildman–Crippen MR) is 110 cm³/mol. The van der Waals surface area contributed by atoms with E-state index < -0.39 is 12.1 Å². The molecule has 1 aromatic rings. The summed E-state index contributed by atoms with van der Waals surface area (Å²) < 4.78 is 31.7. The quantitative estimate of drug-likeness (QED) is 0.743. The molecule has 11 heteroatoms. The van der Waals surface area contributed by atoms with E-state index in [-0.39, 0.29) is 23.8 Å². The molecule has 0 aliphatic carbocycles. The van der Waals surface area contributed by atoms with E-state index in [1.165, 1.54) is 9.75 Å². The highest BCUT2D eigenvalue weighted by molar-refractivity contribution is 7.11. The van der Waals surface area contributed by atoms with Crippen molar-refractivity contribution in [2.75, 3.05) is 40.3 Å². The van der Waals surface area contributed by atoms with Crippen molar-refractivity contribution in [3.63, 3.8) is 0 Å². The molecule has 31 heavy (non-hydrogen) atoms. The van der Waals surface area contributed by atoms with Crippen LogP contribution < -0.4 is 0 Å². The van der Waals surface area contributed by atoms with E-state index in [2.05, 4.69) is 24.0 Å². The smallest absolute Gasteiger partial charge is 0.475 e. The zero-order valence-electron chi connectivity index (χ0n) is 17.9. The summed E-state index contributed by atoms with van der Waals surface area (Å²) in [4.78, 5) is 42.2. The molecular formula is C20H28F3N3O4S. The Morgan fingerprint density at radius 3 is 2.16 bits per heavy atom. The molecule has 2 fully saturated rings. The van der Waals surface area contributed by atoms with E-state index in [1.54, 1.807) is 23.9 Å². The predicted octanol–water partition coefficient (Wildman–Crippen LogP) is 2.59. The first kappa shape index (κ1) is 25.1. The van der Waals surface area contributed by atoms with Gasteiger partial charge in [0, 0.05) is 36.9 Å². The van der Waals surface area contributed by atoms with Crippen LogP contribution in [0.4, 0.5) is 13.2 Å². The lowest BCUT2D eigenvalue weighted by Crippen LogP contribution is -2.46. The lowest BCUT2D eigenvalue weighted by Gasteiger charge is -2.37. The van der Waals surface area contributed by atoms with E-state index >= 15 is 0 Å². The maximum atomic E-state index is 12.8. The maximum Gasteiger partial charge on any atom is 0.490 e. The highest BCUT2D eigenvalue weighted by Gasteiger charge is 2.48. The largest absolute Gasteiger partial charge is 0.490 e. The summed E-state index contributed by atoms with van der Waals surface area (Å²) in [6, 6.07) is 4.38. The van der Waals surface area contributed by atoms with Crippen LogP contribution in [-0.2, 0) is 20.9 Å². The second kappa shape index (κ2) is 9.99. The SMILES string of the molecule is Cc1ccc(CN2CCC3(CC2)CCN(CC(=O)N(C)C)C3=O)s1.O=C(O)C(F)(F)F. The second-order valence-electron chi connectivity index (χ2n) is 8.14. The molecular weight excluding hydrogens is 435 g/mol. The summed E-state index contributed by atoms with van der Waals surface area (Å²) in [6.07, 6.45) is -2.34. The van der Waals surface area contributed by atoms with Crippen LogP contribution in [0.25, 0.3) is 0 Å². The van der Waals surface area contributed by atoms with Crippen LogP contribution in [0.3, 0.4) is 0 Å². The molecule has 3 rings (SSSR count). The van der Waals surface area contributed by atoms with Crippen LogP contribution in [0.5, 0.6) is 0 Å². The molecule has 0 unspecified atom stereocenters. The number of carboxylic acids is 1. The van der Waals surface area contributed by atoms with Gasteiger partial charge in [-0.1, -0.05) is 0 Å². The molecule has 1 spiro atoms. The van der Waals surface area contributed by atoms with Gasteiger partial charge in [0.25, 0.3) is 0 Å². The number of rotatable bonds is 4. The van der Waals surface area contributed by atoms with Crippen LogP contribution in [0.1, 0.15) is 29.0 Å². The van der Waals surface area contributed by atoms with Gasteiger partial charge in [0.15, 0.2) is 0 Å². The lowest BCUT2D eigenvalue weighted by molar-refractivity contribution is -0.192. The monoisotopic (exact) mass is 463 g/mol. The van der Waals surface area contributed by atoms with Crippen molar-refractivity contribution in [3.8, 4) is 0 Å². The van der Waals surface area contributed by atoms with Crippen molar-refractivity contribution in [2.45, 2.75) is 38.9 Å². The fourth-order valence-electron chi connectivity index (χ4n) is 3.74. The third-order valence-corrected chi connectivity index (χ3v) is 6.64. The Kier molecular flexibility index (Phi) is 8.09. The Morgan fingerprint density at radius 2 is 1.71 bits per heavy atom. The molecule has 2 aliphatic heterocycles. The van der Waals surface area contributed by atoms with Gasteiger partial charge >= 0.3 is 12.1 Å². The van der Waals surface area contributed by atoms with Crippen LogP contribution in [-0.4, -0.2) is 84.0 Å². The van der Waals surface area contributed by atoms with Crippen LogP contribution in [0.2, 0.25) is 0 Å². The molecule has 1 aromatic heterocycles. The highest BCUT2D eigenvalue weighted by atomic mass is 32.1. The Balaban J connectivity index is 0.000000423. The van der Waals surface area contributed by atoms with Crippen LogP contribution in [0.15, 0.2) is 12.1 Å². The zero-order chi connectivity index (χ0) is 23.4. The van der Waals surface area contributed by atoms with Gasteiger partial charge in [-0.2, -0.15) is 13.2 Å². The second-order valence-corrected chi connectivity index (χ2v) is 9.51. The number of alkyl halides is 3. The Labute approximate surface area is 183 Å². The number of hydrogen-bond acceptors (Lipinski definition) is 5. The Morgan fingerprint density at radius 1 is 1.16 bits per heavy atom. The average Bonchev–Trinajstić information content (AvgIpc) is 3.22. The number of amides is 2. The summed E-state index contributed by atoms with van der Waals surface area (Å²) in [7, 11) is 3.48. The number of hydrogen-bond donors (Lipinski definition) is 1. The fourth-order valence-corrected chi connectivity index (χ4v) is 4.67. The molecule has 1 N–H and O–H groups in total. The third kappa shape index (κ3) is 6.67. The maximum absolute atomic E-state index is 12.8. The van der Waals surface area contributed by atoms with Gasteiger partial charge in [-0.15, -0.1) is 11.3 Å². The van der Waals surface area contributed by atoms with Crippen molar-refractivity contribution in [1.82, 2.24) is 14.7 Å². The van der Waals surface area contributed by atoms with E-state index in [0.717, 1.165) is 45.4 Å². The molecule has 2 amide bonds. The molecule has 0 saturated carbocycles. The number of likely N-dealkylation sites (N-methyl/N-ethyl adjacent to an activating group) is 1. The molecule has 0 radical (unpaired) electrons. The minimum atomic E-state index is -5.08. The van der Waals surface area contributed by atoms with Crippen molar-refractivity contribution in [3.05, 3.63) is 21.9 Å². The van der Waals surface area contributed by atoms with Gasteiger partial charge in [0.2, 0.25) is 11.8 Å². The summed E-state index contributed by atoms with van der Waals surface area (Å²) >= 11 is 1.86.